The Morgan fingerprint density at radius 3 is 2.46 bits per heavy atom. The average molecular weight is 417 g/mol. The summed E-state index contributed by atoms with van der Waals surface area (Å²) in [5.74, 6) is -1.24. The second-order valence-corrected chi connectivity index (χ2v) is 7.91. The highest BCUT2D eigenvalue weighted by atomic mass is 35.5. The highest BCUT2D eigenvalue weighted by molar-refractivity contribution is 7.89. The maximum Gasteiger partial charge on any atom is 0.417 e. The molecule has 6 nitrogen and oxygen atoms in total. The van der Waals surface area contributed by atoms with Crippen LogP contribution in [0, 0.1) is 5.92 Å². The lowest BCUT2D eigenvalue weighted by molar-refractivity contribution is -0.138. The summed E-state index contributed by atoms with van der Waals surface area (Å²) in [5.41, 5.74) is 3.69. The number of methoxy groups -OCH3 is 1. The van der Waals surface area contributed by atoms with E-state index < -0.39 is 38.2 Å². The molecular weight excluding hydrogens is 397 g/mol. The van der Waals surface area contributed by atoms with Gasteiger partial charge in [-0.25, -0.2) is 13.2 Å². The third-order valence-corrected chi connectivity index (χ3v) is 6.13. The first-order valence-corrected chi connectivity index (χ1v) is 8.97. The van der Waals surface area contributed by atoms with Crippen LogP contribution in [-0.2, 0) is 20.9 Å². The van der Waals surface area contributed by atoms with Crippen molar-refractivity contribution in [1.82, 2.24) is 4.31 Å². The van der Waals surface area contributed by atoms with Gasteiger partial charge in [0.05, 0.1) is 23.1 Å². The Kier molecular flexibility index (Phi) is 7.08. The molecule has 1 saturated heterocycles. The number of nitrogens with zero attached hydrogens (tertiary/aromatic N) is 1. The Morgan fingerprint density at radius 1 is 1.38 bits per heavy atom. The Hall–Kier alpha value is -1.36. The Bertz CT molecular complexity index is 769. The molecule has 0 amide bonds. The Labute approximate surface area is 155 Å². The fraction of sp³-hybridized carbons (Fsp3) is 0.533. The minimum Gasteiger partial charge on any atom is -0.465 e. The quantitative estimate of drug-likeness (QED) is 0.760. The van der Waals surface area contributed by atoms with Gasteiger partial charge in [0, 0.05) is 19.1 Å². The molecule has 0 radical (unpaired) electrons. The molecule has 0 saturated carbocycles. The Morgan fingerprint density at radius 2 is 2.00 bits per heavy atom. The van der Waals surface area contributed by atoms with Gasteiger partial charge in [-0.2, -0.15) is 17.5 Å². The van der Waals surface area contributed by atoms with Crippen molar-refractivity contribution in [3.05, 3.63) is 29.3 Å². The predicted molar refractivity (Wildman–Crippen MR) is 90.5 cm³/mol. The molecule has 0 bridgehead atoms. The van der Waals surface area contributed by atoms with Crippen LogP contribution in [0.25, 0.3) is 0 Å². The van der Waals surface area contributed by atoms with Crippen molar-refractivity contribution < 1.29 is 31.1 Å². The summed E-state index contributed by atoms with van der Waals surface area (Å²) < 4.78 is 70.4. The van der Waals surface area contributed by atoms with Gasteiger partial charge in [-0.3, -0.25) is 0 Å². The normalized spacial score (nSPS) is 19.7. The van der Waals surface area contributed by atoms with E-state index in [1.165, 1.54) is 0 Å². The monoisotopic (exact) mass is 416 g/mol. The number of nitrogens with two attached hydrogens (primary N) is 1. The van der Waals surface area contributed by atoms with E-state index in [0.717, 1.165) is 23.5 Å². The number of rotatable bonds is 4. The minimum absolute atomic E-state index is 0. The standard InChI is InChI=1S/C15H19F3N2O4S.ClH/c1-9(19)10-5-6-20(8-10)25(22,23)11-3-4-12(14(21)24-2)13(7-11)15(16,17)18;/h3-4,7,9-10H,5-6,8,19H2,1-2H3;1H. The summed E-state index contributed by atoms with van der Waals surface area (Å²) in [5, 5.41) is 0. The second-order valence-electron chi connectivity index (χ2n) is 5.97. The first kappa shape index (κ1) is 22.7. The molecule has 1 aliphatic rings. The van der Waals surface area contributed by atoms with Gasteiger partial charge in [0.15, 0.2) is 0 Å². The smallest absolute Gasteiger partial charge is 0.417 e. The van der Waals surface area contributed by atoms with E-state index in [1.807, 2.05) is 0 Å². The molecular formula is C15H20ClF3N2O4S. The van der Waals surface area contributed by atoms with Crippen molar-refractivity contribution in [2.24, 2.45) is 11.7 Å². The van der Waals surface area contributed by atoms with Gasteiger partial charge in [0.2, 0.25) is 10.0 Å². The zero-order chi connectivity index (χ0) is 19.0. The first-order chi connectivity index (χ1) is 11.5. The topological polar surface area (TPSA) is 89.7 Å². The summed E-state index contributed by atoms with van der Waals surface area (Å²) >= 11 is 0. The lowest BCUT2D eigenvalue weighted by atomic mass is 10.0. The SMILES string of the molecule is COC(=O)c1ccc(S(=O)(=O)N2CCC(C(C)N)C2)cc1C(F)(F)F.Cl. The summed E-state index contributed by atoms with van der Waals surface area (Å²) in [6, 6.07) is 2.06. The lowest BCUT2D eigenvalue weighted by Crippen LogP contribution is -2.33. The van der Waals surface area contributed by atoms with Gasteiger partial charge in [-0.1, -0.05) is 0 Å². The van der Waals surface area contributed by atoms with Crippen LogP contribution in [0.1, 0.15) is 29.3 Å². The number of carbonyl (C=O) groups excluding carboxylic acids is 1. The molecule has 0 aliphatic carbocycles. The van der Waals surface area contributed by atoms with E-state index in [2.05, 4.69) is 4.74 Å². The van der Waals surface area contributed by atoms with Crippen molar-refractivity contribution in [2.75, 3.05) is 20.2 Å². The van der Waals surface area contributed by atoms with Crippen molar-refractivity contribution in [3.8, 4) is 0 Å². The number of hydrogen-bond donors (Lipinski definition) is 1. The number of alkyl halides is 3. The molecule has 1 fully saturated rings. The molecule has 148 valence electrons. The van der Waals surface area contributed by atoms with Crippen molar-refractivity contribution in [3.63, 3.8) is 0 Å². The molecule has 2 unspecified atom stereocenters. The largest absolute Gasteiger partial charge is 0.465 e. The van der Waals surface area contributed by atoms with Gasteiger partial charge in [0.25, 0.3) is 0 Å². The molecule has 0 spiro atoms. The lowest BCUT2D eigenvalue weighted by Gasteiger charge is -2.19. The molecule has 1 aromatic rings. The first-order valence-electron chi connectivity index (χ1n) is 7.53. The van der Waals surface area contributed by atoms with E-state index in [1.54, 1.807) is 6.92 Å². The summed E-state index contributed by atoms with van der Waals surface area (Å²) in [6.07, 6.45) is -4.35. The van der Waals surface area contributed by atoms with Crippen LogP contribution in [0.4, 0.5) is 13.2 Å². The molecule has 1 aliphatic heterocycles. The van der Waals surface area contributed by atoms with Gasteiger partial charge < -0.3 is 10.5 Å². The highest BCUT2D eigenvalue weighted by Gasteiger charge is 2.39. The van der Waals surface area contributed by atoms with E-state index in [4.69, 9.17) is 5.73 Å². The van der Waals surface area contributed by atoms with E-state index in [9.17, 15) is 26.4 Å². The van der Waals surface area contributed by atoms with Crippen LogP contribution in [0.2, 0.25) is 0 Å². The zero-order valence-electron chi connectivity index (χ0n) is 14.1. The molecule has 1 aromatic carbocycles. The van der Waals surface area contributed by atoms with Crippen molar-refractivity contribution >= 4 is 28.4 Å². The van der Waals surface area contributed by atoms with Crippen LogP contribution in [0.3, 0.4) is 0 Å². The fourth-order valence-corrected chi connectivity index (χ4v) is 4.30. The summed E-state index contributed by atoms with van der Waals surface area (Å²) in [7, 11) is -3.16. The van der Waals surface area contributed by atoms with Crippen LogP contribution < -0.4 is 5.73 Å². The number of ether oxygens (including phenoxy) is 1. The maximum atomic E-state index is 13.2. The number of benzene rings is 1. The summed E-state index contributed by atoms with van der Waals surface area (Å²) in [6.45, 7) is 2.10. The van der Waals surface area contributed by atoms with E-state index in [0.29, 0.717) is 12.5 Å². The third kappa shape index (κ3) is 4.48. The van der Waals surface area contributed by atoms with Gasteiger partial charge in [-0.15, -0.1) is 12.4 Å². The number of halogens is 4. The number of hydrogen-bond acceptors (Lipinski definition) is 5. The van der Waals surface area contributed by atoms with E-state index >= 15 is 0 Å². The Balaban J connectivity index is 0.00000338. The fourth-order valence-electron chi connectivity index (χ4n) is 2.76. The highest BCUT2D eigenvalue weighted by Crippen LogP contribution is 2.35. The molecule has 0 aromatic heterocycles. The van der Waals surface area contributed by atoms with Crippen LogP contribution in [0.15, 0.2) is 23.1 Å². The number of esters is 1. The van der Waals surface area contributed by atoms with Gasteiger partial charge in [0.1, 0.15) is 0 Å². The van der Waals surface area contributed by atoms with Crippen LogP contribution in [-0.4, -0.2) is 44.9 Å². The van der Waals surface area contributed by atoms with Crippen molar-refractivity contribution in [1.29, 1.82) is 0 Å². The average Bonchev–Trinajstić information content (AvgIpc) is 3.03. The number of sulfonamides is 1. The molecule has 26 heavy (non-hydrogen) atoms. The summed E-state index contributed by atoms with van der Waals surface area (Å²) in [4.78, 5) is 11.0. The molecule has 2 N–H and O–H groups in total. The van der Waals surface area contributed by atoms with Gasteiger partial charge >= 0.3 is 12.1 Å². The maximum absolute atomic E-state index is 13.2. The molecule has 1 heterocycles. The zero-order valence-corrected chi connectivity index (χ0v) is 15.7. The molecule has 2 rings (SSSR count). The number of carbonyl (C=O) groups is 1. The second kappa shape index (κ2) is 8.12. The molecule has 2 atom stereocenters. The predicted octanol–water partition coefficient (Wildman–Crippen LogP) is 2.27. The minimum atomic E-state index is -4.89. The van der Waals surface area contributed by atoms with Crippen LogP contribution in [0.5, 0.6) is 0 Å². The van der Waals surface area contributed by atoms with Crippen molar-refractivity contribution in [2.45, 2.75) is 30.5 Å². The van der Waals surface area contributed by atoms with Crippen LogP contribution >= 0.6 is 12.4 Å². The van der Waals surface area contributed by atoms with E-state index in [-0.39, 0.29) is 37.5 Å². The van der Waals surface area contributed by atoms with Gasteiger partial charge in [-0.05, 0) is 37.5 Å². The third-order valence-electron chi connectivity index (χ3n) is 4.27. The molecule has 11 heteroatoms.